The van der Waals surface area contributed by atoms with Gasteiger partial charge in [-0.1, -0.05) is 24.9 Å². The Bertz CT molecular complexity index is 673. The van der Waals surface area contributed by atoms with Crippen LogP contribution in [0.4, 0.5) is 4.79 Å². The molecule has 1 aliphatic heterocycles. The average molecular weight is 345 g/mol. The topological polar surface area (TPSA) is 71.5 Å². The maximum Gasteiger partial charge on any atom is 0.318 e. The molecule has 1 saturated heterocycles. The third-order valence-electron chi connectivity index (χ3n) is 5.03. The zero-order valence-corrected chi connectivity index (χ0v) is 15.2. The van der Waals surface area contributed by atoms with Crippen LogP contribution in [0.5, 0.6) is 0 Å². The Hall–Kier alpha value is -2.24. The molecular formula is C19H27N3O3. The molecule has 0 saturated carbocycles. The number of amides is 2. The number of hydrogen-bond donors (Lipinski definition) is 1. The molecule has 0 aliphatic carbocycles. The fraction of sp³-hybridized carbons (Fsp3) is 0.579. The Morgan fingerprint density at radius 2 is 2.24 bits per heavy atom. The predicted molar refractivity (Wildman–Crippen MR) is 94.4 cm³/mol. The number of rotatable bonds is 4. The highest BCUT2D eigenvalue weighted by Crippen LogP contribution is 2.30. The maximum absolute atomic E-state index is 12.8. The van der Waals surface area contributed by atoms with Crippen LogP contribution >= 0.6 is 0 Å². The molecule has 2 aromatic rings. The number of furan rings is 1. The van der Waals surface area contributed by atoms with Gasteiger partial charge in [-0.2, -0.15) is 0 Å². The lowest BCUT2D eigenvalue weighted by Crippen LogP contribution is -2.43. The summed E-state index contributed by atoms with van der Waals surface area (Å²) in [5.74, 6) is 1.85. The van der Waals surface area contributed by atoms with Crippen LogP contribution in [0.15, 0.2) is 27.3 Å². The van der Waals surface area contributed by atoms with Gasteiger partial charge in [0.15, 0.2) is 0 Å². The largest absolute Gasteiger partial charge is 0.467 e. The van der Waals surface area contributed by atoms with Gasteiger partial charge >= 0.3 is 6.03 Å². The predicted octanol–water partition coefficient (Wildman–Crippen LogP) is 4.31. The number of aromatic nitrogens is 1. The van der Waals surface area contributed by atoms with Gasteiger partial charge in [0.2, 0.25) is 0 Å². The molecule has 2 atom stereocenters. The number of nitrogens with zero attached hydrogens (tertiary/aromatic N) is 2. The van der Waals surface area contributed by atoms with Crippen LogP contribution in [0.1, 0.15) is 67.3 Å². The fourth-order valence-electron chi connectivity index (χ4n) is 3.77. The summed E-state index contributed by atoms with van der Waals surface area (Å²) in [6.07, 6.45) is 5.92. The molecule has 25 heavy (non-hydrogen) atoms. The van der Waals surface area contributed by atoms with Crippen molar-refractivity contribution >= 4 is 6.03 Å². The molecule has 2 amide bonds. The van der Waals surface area contributed by atoms with E-state index in [-0.39, 0.29) is 18.0 Å². The van der Waals surface area contributed by atoms with Crippen LogP contribution in [0, 0.1) is 13.8 Å². The Labute approximate surface area is 148 Å². The van der Waals surface area contributed by atoms with Gasteiger partial charge in [-0.15, -0.1) is 0 Å². The van der Waals surface area contributed by atoms with Crippen molar-refractivity contribution in [1.82, 2.24) is 15.4 Å². The normalized spacial score (nSPS) is 19.5. The van der Waals surface area contributed by atoms with E-state index in [9.17, 15) is 4.79 Å². The van der Waals surface area contributed by atoms with Crippen molar-refractivity contribution in [2.45, 2.75) is 58.4 Å². The Morgan fingerprint density at radius 3 is 2.92 bits per heavy atom. The highest BCUT2D eigenvalue weighted by atomic mass is 16.5. The molecule has 1 N–H and O–H groups in total. The molecule has 0 bridgehead atoms. The summed E-state index contributed by atoms with van der Waals surface area (Å²) in [4.78, 5) is 14.8. The second-order valence-electron chi connectivity index (χ2n) is 6.90. The monoisotopic (exact) mass is 345 g/mol. The summed E-state index contributed by atoms with van der Waals surface area (Å²) in [5, 5.41) is 7.09. The van der Waals surface area contributed by atoms with Gasteiger partial charge in [-0.3, -0.25) is 0 Å². The van der Waals surface area contributed by atoms with Crippen LogP contribution in [0.2, 0.25) is 0 Å². The summed E-state index contributed by atoms with van der Waals surface area (Å²) >= 11 is 0. The second-order valence-corrected chi connectivity index (χ2v) is 6.90. The molecule has 3 rings (SSSR count). The zero-order valence-electron chi connectivity index (χ0n) is 15.2. The Balaban J connectivity index is 1.66. The van der Waals surface area contributed by atoms with Crippen LogP contribution < -0.4 is 5.32 Å². The van der Waals surface area contributed by atoms with Crippen molar-refractivity contribution in [3.8, 4) is 0 Å². The molecule has 1 fully saturated rings. The highest BCUT2D eigenvalue weighted by Gasteiger charge is 2.29. The summed E-state index contributed by atoms with van der Waals surface area (Å²) in [6, 6.07) is 3.84. The number of likely N-dealkylation sites (tertiary alicyclic amines) is 1. The van der Waals surface area contributed by atoms with Crippen LogP contribution in [-0.2, 0) is 0 Å². The number of carbonyl (C=O) groups is 1. The van der Waals surface area contributed by atoms with E-state index in [0.717, 1.165) is 55.0 Å². The van der Waals surface area contributed by atoms with E-state index in [2.05, 4.69) is 17.4 Å². The molecule has 1 aliphatic rings. The molecule has 0 spiro atoms. The second kappa shape index (κ2) is 7.76. The summed E-state index contributed by atoms with van der Waals surface area (Å²) < 4.78 is 10.8. The first-order valence-electron chi connectivity index (χ1n) is 9.08. The quantitative estimate of drug-likeness (QED) is 0.896. The number of carbonyl (C=O) groups excluding carboxylic acids is 1. The summed E-state index contributed by atoms with van der Waals surface area (Å²) in [5.41, 5.74) is 1.97. The SMILES string of the molecule is Cc1noc(C)c1[C@@H](C)CNC(=O)N1CCCCC[C@H]1c1ccco1. The van der Waals surface area contributed by atoms with Crippen molar-refractivity contribution in [3.63, 3.8) is 0 Å². The first-order chi connectivity index (χ1) is 12.1. The maximum atomic E-state index is 12.8. The van der Waals surface area contributed by atoms with Crippen molar-refractivity contribution in [2.75, 3.05) is 13.1 Å². The average Bonchev–Trinajstić information content (AvgIpc) is 3.16. The standard InChI is InChI=1S/C19H27N3O3/c1-13(18-14(2)21-25-15(18)3)12-20-19(23)22-10-6-4-5-8-16(22)17-9-7-11-24-17/h7,9,11,13,16H,4-6,8,10,12H2,1-3H3,(H,20,23)/t13-,16-/m0/s1. The van der Waals surface area contributed by atoms with Gasteiger partial charge in [0.1, 0.15) is 11.5 Å². The molecule has 0 unspecified atom stereocenters. The fourth-order valence-corrected chi connectivity index (χ4v) is 3.77. The zero-order chi connectivity index (χ0) is 17.8. The minimum absolute atomic E-state index is 0.0203. The van der Waals surface area contributed by atoms with E-state index in [1.807, 2.05) is 30.9 Å². The number of nitrogens with one attached hydrogen (secondary N) is 1. The van der Waals surface area contributed by atoms with Crippen LogP contribution in [0.25, 0.3) is 0 Å². The van der Waals surface area contributed by atoms with E-state index >= 15 is 0 Å². The van der Waals surface area contributed by atoms with Crippen molar-refractivity contribution in [2.24, 2.45) is 0 Å². The van der Waals surface area contributed by atoms with Crippen molar-refractivity contribution < 1.29 is 13.7 Å². The van der Waals surface area contributed by atoms with E-state index in [1.54, 1.807) is 6.26 Å². The molecule has 0 aromatic carbocycles. The molecule has 136 valence electrons. The van der Waals surface area contributed by atoms with Gasteiger partial charge in [0, 0.05) is 24.6 Å². The van der Waals surface area contributed by atoms with E-state index < -0.39 is 0 Å². The van der Waals surface area contributed by atoms with Gasteiger partial charge in [0.05, 0.1) is 18.0 Å². The van der Waals surface area contributed by atoms with E-state index in [1.165, 1.54) is 0 Å². The number of hydrogen-bond acceptors (Lipinski definition) is 4. The molecule has 0 radical (unpaired) electrons. The van der Waals surface area contributed by atoms with Gasteiger partial charge in [-0.05, 0) is 38.8 Å². The minimum atomic E-state index is -0.0260. The molecule has 6 nitrogen and oxygen atoms in total. The highest BCUT2D eigenvalue weighted by molar-refractivity contribution is 5.74. The number of aryl methyl sites for hydroxylation is 2. The third kappa shape index (κ3) is 3.89. The van der Waals surface area contributed by atoms with E-state index in [0.29, 0.717) is 6.54 Å². The lowest BCUT2D eigenvalue weighted by Gasteiger charge is -2.29. The van der Waals surface area contributed by atoms with E-state index in [4.69, 9.17) is 8.94 Å². The molecule has 3 heterocycles. The molecular weight excluding hydrogens is 318 g/mol. The smallest absolute Gasteiger partial charge is 0.318 e. The lowest BCUT2D eigenvalue weighted by molar-refractivity contribution is 0.166. The number of urea groups is 1. The minimum Gasteiger partial charge on any atom is -0.467 e. The lowest BCUT2D eigenvalue weighted by atomic mass is 10.00. The molecule has 2 aromatic heterocycles. The Kier molecular flexibility index (Phi) is 5.46. The van der Waals surface area contributed by atoms with Crippen LogP contribution in [0.3, 0.4) is 0 Å². The van der Waals surface area contributed by atoms with Gasteiger partial charge in [-0.25, -0.2) is 4.79 Å². The first-order valence-corrected chi connectivity index (χ1v) is 9.08. The molecule has 6 heteroatoms. The van der Waals surface area contributed by atoms with Gasteiger partial charge in [0.25, 0.3) is 0 Å². The third-order valence-corrected chi connectivity index (χ3v) is 5.03. The van der Waals surface area contributed by atoms with Crippen molar-refractivity contribution in [3.05, 3.63) is 41.2 Å². The Morgan fingerprint density at radius 1 is 1.40 bits per heavy atom. The summed E-state index contributed by atoms with van der Waals surface area (Å²) in [7, 11) is 0. The van der Waals surface area contributed by atoms with Crippen LogP contribution in [-0.4, -0.2) is 29.2 Å². The van der Waals surface area contributed by atoms with Gasteiger partial charge < -0.3 is 19.2 Å². The first kappa shape index (κ1) is 17.6. The van der Waals surface area contributed by atoms with Crippen molar-refractivity contribution in [1.29, 1.82) is 0 Å². The summed E-state index contributed by atoms with van der Waals surface area (Å²) in [6.45, 7) is 7.25.